The number of ether oxygens (including phenoxy) is 1. The van der Waals surface area contributed by atoms with Crippen LogP contribution in [0.3, 0.4) is 0 Å². The molecule has 1 amide bonds. The number of aromatic amines is 1. The number of anilines is 1. The van der Waals surface area contributed by atoms with Crippen LogP contribution in [0.4, 0.5) is 5.95 Å². The first-order valence-electron chi connectivity index (χ1n) is 10.2. The Kier molecular flexibility index (Phi) is 5.41. The average Bonchev–Trinajstić information content (AvgIpc) is 3.24. The van der Waals surface area contributed by atoms with Gasteiger partial charge in [-0.15, -0.1) is 0 Å². The lowest BCUT2D eigenvalue weighted by Gasteiger charge is -2.39. The van der Waals surface area contributed by atoms with Crippen LogP contribution in [0.15, 0.2) is 41.2 Å². The summed E-state index contributed by atoms with van der Waals surface area (Å²) in [6.07, 6.45) is 2.21. The molecule has 2 aromatic rings. The Morgan fingerprint density at radius 2 is 1.97 bits per heavy atom. The van der Waals surface area contributed by atoms with Gasteiger partial charge in [0.15, 0.2) is 0 Å². The van der Waals surface area contributed by atoms with E-state index >= 15 is 0 Å². The summed E-state index contributed by atoms with van der Waals surface area (Å²) in [6, 6.07) is 11.6. The Morgan fingerprint density at radius 3 is 2.66 bits per heavy atom. The highest BCUT2D eigenvalue weighted by Gasteiger charge is 2.45. The number of rotatable bonds is 4. The Labute approximate surface area is 170 Å². The summed E-state index contributed by atoms with van der Waals surface area (Å²) in [4.78, 5) is 36.9. The summed E-state index contributed by atoms with van der Waals surface area (Å²) in [6.45, 7) is 2.47. The molecule has 29 heavy (non-hydrogen) atoms. The highest BCUT2D eigenvalue weighted by atomic mass is 16.5. The van der Waals surface area contributed by atoms with E-state index in [1.54, 1.807) is 11.0 Å². The molecule has 154 valence electrons. The minimum atomic E-state index is -0.523. The van der Waals surface area contributed by atoms with E-state index in [1.807, 2.05) is 37.2 Å². The van der Waals surface area contributed by atoms with Crippen LogP contribution in [-0.2, 0) is 14.9 Å². The van der Waals surface area contributed by atoms with Crippen molar-refractivity contribution in [3.63, 3.8) is 0 Å². The van der Waals surface area contributed by atoms with Crippen LogP contribution in [0.1, 0.15) is 36.4 Å². The van der Waals surface area contributed by atoms with Gasteiger partial charge in [0.1, 0.15) is 0 Å². The topological polar surface area (TPSA) is 78.5 Å². The highest BCUT2D eigenvalue weighted by molar-refractivity contribution is 5.88. The van der Waals surface area contributed by atoms with Gasteiger partial charge in [0, 0.05) is 52.4 Å². The SMILES string of the molecule is CN(C)c1nc([C@H]2CCN(C(=O)C3(c4ccccc4)CCOCC3)C2)cc(=O)[nH]1. The summed E-state index contributed by atoms with van der Waals surface area (Å²) in [5.74, 6) is 0.794. The summed E-state index contributed by atoms with van der Waals surface area (Å²) < 4.78 is 5.57. The van der Waals surface area contributed by atoms with E-state index in [0.29, 0.717) is 45.1 Å². The van der Waals surface area contributed by atoms with Gasteiger partial charge in [-0.25, -0.2) is 4.98 Å². The number of nitrogens with zero attached hydrogens (tertiary/aromatic N) is 3. The zero-order valence-electron chi connectivity index (χ0n) is 17.1. The second kappa shape index (κ2) is 7.99. The smallest absolute Gasteiger partial charge is 0.252 e. The van der Waals surface area contributed by atoms with E-state index in [0.717, 1.165) is 17.7 Å². The fraction of sp³-hybridized carbons (Fsp3) is 0.500. The van der Waals surface area contributed by atoms with Gasteiger partial charge in [-0.05, 0) is 24.8 Å². The van der Waals surface area contributed by atoms with Crippen molar-refractivity contribution in [3.05, 3.63) is 58.0 Å². The lowest BCUT2D eigenvalue weighted by molar-refractivity contribution is -0.140. The fourth-order valence-electron chi connectivity index (χ4n) is 4.48. The molecule has 1 N–H and O–H groups in total. The van der Waals surface area contributed by atoms with Crippen molar-refractivity contribution in [2.24, 2.45) is 0 Å². The number of hydrogen-bond donors (Lipinski definition) is 1. The maximum Gasteiger partial charge on any atom is 0.252 e. The van der Waals surface area contributed by atoms with Crippen molar-refractivity contribution in [2.75, 3.05) is 45.3 Å². The Bertz CT molecular complexity index is 919. The minimum absolute atomic E-state index is 0.0765. The molecule has 1 aromatic heterocycles. The Hall–Kier alpha value is -2.67. The van der Waals surface area contributed by atoms with Gasteiger partial charge in [0.05, 0.1) is 11.1 Å². The number of H-pyrrole nitrogens is 1. The standard InChI is InChI=1S/C22H28N4O3/c1-25(2)21-23-18(14-19(27)24-21)16-8-11-26(15-16)20(28)22(9-12-29-13-10-22)17-6-4-3-5-7-17/h3-7,14,16H,8-13,15H2,1-2H3,(H,23,24,27)/t16-/m0/s1. The molecule has 2 aliphatic heterocycles. The van der Waals surface area contributed by atoms with Gasteiger partial charge in [0.2, 0.25) is 11.9 Å². The molecule has 1 aromatic carbocycles. The lowest BCUT2D eigenvalue weighted by atomic mass is 9.73. The van der Waals surface area contributed by atoms with Crippen molar-refractivity contribution in [1.82, 2.24) is 14.9 Å². The number of hydrogen-bond acceptors (Lipinski definition) is 5. The largest absolute Gasteiger partial charge is 0.381 e. The third-order valence-electron chi connectivity index (χ3n) is 6.15. The first-order valence-corrected chi connectivity index (χ1v) is 10.2. The molecular formula is C22H28N4O3. The number of carbonyl (C=O) groups is 1. The lowest BCUT2D eigenvalue weighted by Crippen LogP contribution is -2.49. The maximum atomic E-state index is 13.7. The average molecular weight is 396 g/mol. The second-order valence-corrected chi connectivity index (χ2v) is 8.19. The van der Waals surface area contributed by atoms with Crippen molar-refractivity contribution in [2.45, 2.75) is 30.6 Å². The van der Waals surface area contributed by atoms with E-state index in [1.165, 1.54) is 0 Å². The molecule has 2 saturated heterocycles. The number of benzene rings is 1. The molecule has 0 spiro atoms. The fourth-order valence-corrected chi connectivity index (χ4v) is 4.48. The second-order valence-electron chi connectivity index (χ2n) is 8.19. The van der Waals surface area contributed by atoms with Gasteiger partial charge in [-0.1, -0.05) is 30.3 Å². The molecular weight excluding hydrogens is 368 g/mol. The quantitative estimate of drug-likeness (QED) is 0.854. The third kappa shape index (κ3) is 3.79. The van der Waals surface area contributed by atoms with Crippen LogP contribution in [0.2, 0.25) is 0 Å². The summed E-state index contributed by atoms with van der Waals surface area (Å²) in [7, 11) is 3.70. The minimum Gasteiger partial charge on any atom is -0.381 e. The molecule has 7 nitrogen and oxygen atoms in total. The van der Waals surface area contributed by atoms with Crippen LogP contribution in [0.25, 0.3) is 0 Å². The molecule has 0 saturated carbocycles. The van der Waals surface area contributed by atoms with E-state index in [-0.39, 0.29) is 17.4 Å². The van der Waals surface area contributed by atoms with Crippen molar-refractivity contribution >= 4 is 11.9 Å². The molecule has 1 atom stereocenters. The molecule has 2 fully saturated rings. The first-order chi connectivity index (χ1) is 14.0. The zero-order chi connectivity index (χ0) is 20.4. The summed E-state index contributed by atoms with van der Waals surface area (Å²) in [5, 5.41) is 0. The van der Waals surface area contributed by atoms with Gasteiger partial charge < -0.3 is 14.5 Å². The predicted molar refractivity (Wildman–Crippen MR) is 111 cm³/mol. The normalized spacial score (nSPS) is 21.2. The first kappa shape index (κ1) is 19.6. The monoisotopic (exact) mass is 396 g/mol. The van der Waals surface area contributed by atoms with Crippen LogP contribution in [-0.4, -0.2) is 61.2 Å². The highest BCUT2D eigenvalue weighted by Crippen LogP contribution is 2.39. The molecule has 3 heterocycles. The van der Waals surface area contributed by atoms with E-state index < -0.39 is 5.41 Å². The Balaban J connectivity index is 1.58. The molecule has 0 unspecified atom stereocenters. The zero-order valence-corrected chi connectivity index (χ0v) is 17.1. The van der Waals surface area contributed by atoms with Crippen LogP contribution < -0.4 is 10.5 Å². The van der Waals surface area contributed by atoms with Crippen LogP contribution in [0.5, 0.6) is 0 Å². The molecule has 0 aliphatic carbocycles. The summed E-state index contributed by atoms with van der Waals surface area (Å²) in [5.41, 5.74) is 1.15. The van der Waals surface area contributed by atoms with Gasteiger partial charge >= 0.3 is 0 Å². The van der Waals surface area contributed by atoms with E-state index in [9.17, 15) is 9.59 Å². The number of nitrogens with one attached hydrogen (secondary N) is 1. The van der Waals surface area contributed by atoms with Crippen molar-refractivity contribution in [1.29, 1.82) is 0 Å². The molecule has 0 radical (unpaired) electrons. The predicted octanol–water partition coefficient (Wildman–Crippen LogP) is 1.90. The number of carbonyl (C=O) groups excluding carboxylic acids is 1. The van der Waals surface area contributed by atoms with Crippen LogP contribution in [0, 0.1) is 0 Å². The summed E-state index contributed by atoms with van der Waals surface area (Å²) >= 11 is 0. The molecule has 7 heteroatoms. The third-order valence-corrected chi connectivity index (χ3v) is 6.15. The van der Waals surface area contributed by atoms with E-state index in [2.05, 4.69) is 22.1 Å². The number of amides is 1. The van der Waals surface area contributed by atoms with Gasteiger partial charge in [-0.2, -0.15) is 0 Å². The molecule has 2 aliphatic rings. The van der Waals surface area contributed by atoms with Crippen molar-refractivity contribution < 1.29 is 9.53 Å². The van der Waals surface area contributed by atoms with E-state index in [4.69, 9.17) is 4.74 Å². The number of aromatic nitrogens is 2. The molecule has 4 rings (SSSR count). The molecule has 0 bridgehead atoms. The van der Waals surface area contributed by atoms with Crippen molar-refractivity contribution in [3.8, 4) is 0 Å². The Morgan fingerprint density at radius 1 is 1.24 bits per heavy atom. The van der Waals surface area contributed by atoms with Crippen LogP contribution >= 0.6 is 0 Å². The maximum absolute atomic E-state index is 13.7. The van der Waals surface area contributed by atoms with Gasteiger partial charge in [0.25, 0.3) is 5.56 Å². The number of likely N-dealkylation sites (tertiary alicyclic amines) is 1. The van der Waals surface area contributed by atoms with Gasteiger partial charge in [-0.3, -0.25) is 14.6 Å².